The van der Waals surface area contributed by atoms with Crippen LogP contribution in [-0.2, 0) is 9.59 Å². The molecule has 4 nitrogen and oxygen atoms in total. The maximum atomic E-state index is 11.3. The summed E-state index contributed by atoms with van der Waals surface area (Å²) in [5.41, 5.74) is 0.354. The number of carboxylic acid groups (broad SMARTS) is 1. The number of carbonyl (C=O) groups excluding carboxylic acids is 1. The van der Waals surface area contributed by atoms with E-state index in [1.165, 1.54) is 0 Å². The van der Waals surface area contributed by atoms with Gasteiger partial charge in [0.2, 0.25) is 0 Å². The molecule has 1 rings (SSSR count). The van der Waals surface area contributed by atoms with Crippen molar-refractivity contribution in [2.75, 3.05) is 0 Å². The van der Waals surface area contributed by atoms with Gasteiger partial charge < -0.3 is 10.2 Å². The molecule has 4 heteroatoms. The summed E-state index contributed by atoms with van der Waals surface area (Å²) in [6, 6.07) is 8.38. The monoisotopic (exact) mass is 220 g/mol. The summed E-state index contributed by atoms with van der Waals surface area (Å²) in [6.45, 7) is 1.62. The fraction of sp³-hybridized carbons (Fsp3) is 0.167. The van der Waals surface area contributed by atoms with Crippen molar-refractivity contribution in [3.8, 4) is 0 Å². The molecule has 0 fully saturated rings. The van der Waals surface area contributed by atoms with Gasteiger partial charge in [-0.2, -0.15) is 0 Å². The van der Waals surface area contributed by atoms with Gasteiger partial charge in [-0.25, -0.2) is 4.79 Å². The van der Waals surface area contributed by atoms with E-state index in [1.807, 2.05) is 0 Å². The average Bonchev–Trinajstić information content (AvgIpc) is 2.30. The lowest BCUT2D eigenvalue weighted by Gasteiger charge is -2.05. The minimum absolute atomic E-state index is 0.0845. The summed E-state index contributed by atoms with van der Waals surface area (Å²) < 4.78 is 0. The fourth-order valence-electron chi connectivity index (χ4n) is 1.33. The summed E-state index contributed by atoms with van der Waals surface area (Å²) in [5.74, 6) is -2.89. The molecule has 0 amide bonds. The first-order chi connectivity index (χ1) is 7.57. The summed E-state index contributed by atoms with van der Waals surface area (Å²) >= 11 is 0. The van der Waals surface area contributed by atoms with Gasteiger partial charge in [-0.1, -0.05) is 37.3 Å². The van der Waals surface area contributed by atoms with Crippen LogP contribution >= 0.6 is 0 Å². The van der Waals surface area contributed by atoms with Gasteiger partial charge in [0, 0.05) is 11.1 Å². The van der Waals surface area contributed by atoms with Gasteiger partial charge in [-0.05, 0) is 6.42 Å². The largest absolute Gasteiger partial charge is 0.507 e. The quantitative estimate of drug-likeness (QED) is 0.462. The molecule has 0 saturated carbocycles. The molecule has 0 spiro atoms. The highest BCUT2D eigenvalue weighted by Crippen LogP contribution is 2.18. The van der Waals surface area contributed by atoms with Crippen LogP contribution in [0, 0.1) is 0 Å². The van der Waals surface area contributed by atoms with Crippen LogP contribution in [0.3, 0.4) is 0 Å². The Morgan fingerprint density at radius 1 is 1.12 bits per heavy atom. The van der Waals surface area contributed by atoms with Crippen molar-refractivity contribution < 1.29 is 19.8 Å². The summed E-state index contributed by atoms with van der Waals surface area (Å²) in [6.07, 6.45) is 0.172. The first-order valence-corrected chi connectivity index (χ1v) is 4.83. The number of hydrogen-bond donors (Lipinski definition) is 2. The Kier molecular flexibility index (Phi) is 3.83. The average molecular weight is 220 g/mol. The van der Waals surface area contributed by atoms with Crippen molar-refractivity contribution >= 4 is 17.5 Å². The van der Waals surface area contributed by atoms with E-state index in [0.29, 0.717) is 5.56 Å². The predicted octanol–water partition coefficient (Wildman–Crippen LogP) is 2.02. The van der Waals surface area contributed by atoms with E-state index in [2.05, 4.69) is 0 Å². The van der Waals surface area contributed by atoms with Gasteiger partial charge in [-0.3, -0.25) is 4.79 Å². The van der Waals surface area contributed by atoms with Crippen LogP contribution in [0.4, 0.5) is 0 Å². The molecule has 0 aliphatic carbocycles. The normalized spacial score (nSPS) is 11.8. The second kappa shape index (κ2) is 5.11. The number of aliphatic hydroxyl groups is 1. The molecule has 2 N–H and O–H groups in total. The van der Waals surface area contributed by atoms with E-state index >= 15 is 0 Å². The third-order valence-corrected chi connectivity index (χ3v) is 2.15. The van der Waals surface area contributed by atoms with Gasteiger partial charge in [-0.15, -0.1) is 0 Å². The smallest absolute Gasteiger partial charge is 0.377 e. The Labute approximate surface area is 92.8 Å². The molecule has 0 aliphatic heterocycles. The molecule has 0 bridgehead atoms. The third-order valence-electron chi connectivity index (χ3n) is 2.15. The molecule has 0 heterocycles. The van der Waals surface area contributed by atoms with E-state index in [0.717, 1.165) is 0 Å². The van der Waals surface area contributed by atoms with E-state index in [-0.39, 0.29) is 17.8 Å². The Hall–Kier alpha value is -2.10. The zero-order valence-electron chi connectivity index (χ0n) is 8.80. The Morgan fingerprint density at radius 2 is 1.69 bits per heavy atom. The lowest BCUT2D eigenvalue weighted by Crippen LogP contribution is -2.16. The first kappa shape index (κ1) is 12.0. The minimum Gasteiger partial charge on any atom is -0.507 e. The second-order valence-corrected chi connectivity index (χ2v) is 3.18. The van der Waals surface area contributed by atoms with Crippen molar-refractivity contribution in [2.45, 2.75) is 13.3 Å². The third kappa shape index (κ3) is 2.48. The summed E-state index contributed by atoms with van der Waals surface area (Å²) in [7, 11) is 0. The SMILES string of the molecule is CC/C(C(=O)C(=O)O)=C(\O)c1ccccc1. The van der Waals surface area contributed by atoms with Crippen LogP contribution in [0.25, 0.3) is 5.76 Å². The van der Waals surface area contributed by atoms with Crippen molar-refractivity contribution in [1.29, 1.82) is 0 Å². The predicted molar refractivity (Wildman–Crippen MR) is 58.9 cm³/mol. The first-order valence-electron chi connectivity index (χ1n) is 4.83. The number of aliphatic carboxylic acids is 1. The van der Waals surface area contributed by atoms with Crippen molar-refractivity contribution in [3.05, 3.63) is 41.5 Å². The maximum Gasteiger partial charge on any atom is 0.377 e. The van der Waals surface area contributed by atoms with Gasteiger partial charge in [0.15, 0.2) is 0 Å². The highest BCUT2D eigenvalue weighted by atomic mass is 16.4. The van der Waals surface area contributed by atoms with Gasteiger partial charge in [0.1, 0.15) is 5.76 Å². The van der Waals surface area contributed by atoms with E-state index < -0.39 is 11.8 Å². The minimum atomic E-state index is -1.56. The topological polar surface area (TPSA) is 74.6 Å². The van der Waals surface area contributed by atoms with Crippen LogP contribution in [0.15, 0.2) is 35.9 Å². The standard InChI is InChI=1S/C12H12O4/c1-2-9(11(14)12(15)16)10(13)8-6-4-3-5-7-8/h3-7,13H,2H2,1H3,(H,15,16)/b10-9+. The van der Waals surface area contributed by atoms with Crippen molar-refractivity contribution in [1.82, 2.24) is 0 Å². The molecule has 0 aliphatic rings. The van der Waals surface area contributed by atoms with Crippen LogP contribution in [0.5, 0.6) is 0 Å². The van der Waals surface area contributed by atoms with Crippen molar-refractivity contribution in [2.24, 2.45) is 0 Å². The Morgan fingerprint density at radius 3 is 2.12 bits per heavy atom. The van der Waals surface area contributed by atoms with Gasteiger partial charge in [0.25, 0.3) is 5.78 Å². The van der Waals surface area contributed by atoms with E-state index in [4.69, 9.17) is 5.11 Å². The summed E-state index contributed by atoms with van der Waals surface area (Å²) in [4.78, 5) is 21.8. The van der Waals surface area contributed by atoms with E-state index in [9.17, 15) is 14.7 Å². The molecule has 0 saturated heterocycles. The molecule has 16 heavy (non-hydrogen) atoms. The molecule has 0 atom stereocenters. The molecule has 0 radical (unpaired) electrons. The van der Waals surface area contributed by atoms with Gasteiger partial charge >= 0.3 is 5.97 Å². The fourth-order valence-corrected chi connectivity index (χ4v) is 1.33. The number of aliphatic hydroxyl groups excluding tert-OH is 1. The lowest BCUT2D eigenvalue weighted by atomic mass is 10.0. The molecular formula is C12H12O4. The zero-order valence-corrected chi connectivity index (χ0v) is 8.80. The number of carboxylic acids is 1. The molecule has 1 aromatic rings. The van der Waals surface area contributed by atoms with Crippen LogP contribution in [0.2, 0.25) is 0 Å². The lowest BCUT2D eigenvalue weighted by molar-refractivity contribution is -0.147. The zero-order chi connectivity index (χ0) is 12.1. The second-order valence-electron chi connectivity index (χ2n) is 3.18. The number of hydrogen-bond acceptors (Lipinski definition) is 3. The molecule has 1 aromatic carbocycles. The van der Waals surface area contributed by atoms with Crippen molar-refractivity contribution in [3.63, 3.8) is 0 Å². The Balaban J connectivity index is 3.20. The molecule has 0 aromatic heterocycles. The number of ketones is 1. The molecule has 0 unspecified atom stereocenters. The molecular weight excluding hydrogens is 208 g/mol. The molecule has 84 valence electrons. The van der Waals surface area contributed by atoms with Crippen LogP contribution in [-0.4, -0.2) is 22.0 Å². The highest BCUT2D eigenvalue weighted by molar-refractivity contribution is 6.40. The highest BCUT2D eigenvalue weighted by Gasteiger charge is 2.20. The Bertz CT molecular complexity index is 432. The maximum absolute atomic E-state index is 11.3. The van der Waals surface area contributed by atoms with Crippen LogP contribution in [0.1, 0.15) is 18.9 Å². The number of Topliss-reactive ketones (excluding diaryl/α,β-unsaturated/α-hetero) is 1. The number of rotatable bonds is 4. The number of benzene rings is 1. The van der Waals surface area contributed by atoms with E-state index in [1.54, 1.807) is 37.3 Å². The van der Waals surface area contributed by atoms with Gasteiger partial charge in [0.05, 0.1) is 0 Å². The number of carbonyl (C=O) groups is 2. The summed E-state index contributed by atoms with van der Waals surface area (Å²) in [5, 5.41) is 18.4. The van der Waals surface area contributed by atoms with Crippen LogP contribution < -0.4 is 0 Å².